The second-order valence-electron chi connectivity index (χ2n) is 5.25. The van der Waals surface area contributed by atoms with Crippen molar-refractivity contribution in [3.63, 3.8) is 0 Å². The van der Waals surface area contributed by atoms with Crippen molar-refractivity contribution in [3.8, 4) is 5.75 Å². The number of aromatic hydroxyl groups is 1. The average molecular weight is 253 g/mol. The number of benzene rings is 2. The van der Waals surface area contributed by atoms with Gasteiger partial charge >= 0.3 is 0 Å². The van der Waals surface area contributed by atoms with Crippen LogP contribution in [0.3, 0.4) is 0 Å². The molecule has 3 rings (SSSR count). The standard InChI is InChI=1S/C17H19NO/c19-16-6-3-4-13(12-16)8-10-15-11-9-14-5-1-2-7-17(14)18-15/h1-7,12,15,18-19H,8-11H2. The van der Waals surface area contributed by atoms with Gasteiger partial charge in [0.25, 0.3) is 0 Å². The smallest absolute Gasteiger partial charge is 0.115 e. The topological polar surface area (TPSA) is 32.3 Å². The van der Waals surface area contributed by atoms with Crippen LogP contribution >= 0.6 is 0 Å². The van der Waals surface area contributed by atoms with Gasteiger partial charge in [-0.15, -0.1) is 0 Å². The Balaban J connectivity index is 1.61. The molecule has 1 atom stereocenters. The molecule has 0 aliphatic carbocycles. The molecule has 2 aromatic rings. The van der Waals surface area contributed by atoms with Crippen LogP contribution in [0.1, 0.15) is 24.0 Å². The molecule has 19 heavy (non-hydrogen) atoms. The zero-order valence-electron chi connectivity index (χ0n) is 11.0. The Labute approximate surface area is 114 Å². The first-order valence-corrected chi connectivity index (χ1v) is 6.93. The minimum absolute atomic E-state index is 0.361. The van der Waals surface area contributed by atoms with Crippen LogP contribution in [-0.2, 0) is 12.8 Å². The Kier molecular flexibility index (Phi) is 3.41. The van der Waals surface area contributed by atoms with Crippen molar-refractivity contribution < 1.29 is 5.11 Å². The molecular weight excluding hydrogens is 234 g/mol. The van der Waals surface area contributed by atoms with E-state index in [1.165, 1.54) is 23.2 Å². The number of hydrogen-bond acceptors (Lipinski definition) is 2. The third-order valence-electron chi connectivity index (χ3n) is 3.83. The second-order valence-corrected chi connectivity index (χ2v) is 5.25. The fourth-order valence-corrected chi connectivity index (χ4v) is 2.77. The van der Waals surface area contributed by atoms with Crippen LogP contribution in [-0.4, -0.2) is 11.1 Å². The lowest BCUT2D eigenvalue weighted by Crippen LogP contribution is -2.25. The molecule has 2 nitrogen and oxygen atoms in total. The van der Waals surface area contributed by atoms with Crippen molar-refractivity contribution in [2.45, 2.75) is 31.7 Å². The van der Waals surface area contributed by atoms with Gasteiger partial charge in [0.1, 0.15) is 5.75 Å². The van der Waals surface area contributed by atoms with E-state index in [9.17, 15) is 5.11 Å². The first-order chi connectivity index (χ1) is 9.31. The Morgan fingerprint density at radius 1 is 1.11 bits per heavy atom. The van der Waals surface area contributed by atoms with Crippen molar-refractivity contribution in [3.05, 3.63) is 59.7 Å². The van der Waals surface area contributed by atoms with E-state index in [0.29, 0.717) is 11.8 Å². The van der Waals surface area contributed by atoms with E-state index in [1.54, 1.807) is 6.07 Å². The number of hydrogen-bond donors (Lipinski definition) is 2. The summed E-state index contributed by atoms with van der Waals surface area (Å²) in [5.41, 5.74) is 3.92. The van der Waals surface area contributed by atoms with Crippen molar-refractivity contribution in [1.82, 2.24) is 0 Å². The van der Waals surface area contributed by atoms with Gasteiger partial charge < -0.3 is 10.4 Å². The van der Waals surface area contributed by atoms with Gasteiger partial charge in [-0.3, -0.25) is 0 Å². The molecule has 98 valence electrons. The molecule has 1 aliphatic heterocycles. The molecule has 0 amide bonds. The second kappa shape index (κ2) is 5.35. The van der Waals surface area contributed by atoms with Crippen LogP contribution in [0.5, 0.6) is 5.75 Å². The van der Waals surface area contributed by atoms with Crippen molar-refractivity contribution in [1.29, 1.82) is 0 Å². The summed E-state index contributed by atoms with van der Waals surface area (Å²) in [5.74, 6) is 0.361. The van der Waals surface area contributed by atoms with Crippen LogP contribution < -0.4 is 5.32 Å². The van der Waals surface area contributed by atoms with Crippen LogP contribution in [0.4, 0.5) is 5.69 Å². The highest BCUT2D eigenvalue weighted by atomic mass is 16.3. The van der Waals surface area contributed by atoms with E-state index in [-0.39, 0.29) is 0 Å². The number of nitrogens with one attached hydrogen (secondary N) is 1. The number of phenols is 1. The zero-order chi connectivity index (χ0) is 13.1. The first-order valence-electron chi connectivity index (χ1n) is 6.93. The number of phenolic OH excluding ortho intramolecular Hbond substituents is 1. The number of aryl methyl sites for hydroxylation is 2. The fourth-order valence-electron chi connectivity index (χ4n) is 2.77. The van der Waals surface area contributed by atoms with E-state index in [0.717, 1.165) is 19.3 Å². The summed E-state index contributed by atoms with van der Waals surface area (Å²) in [5, 5.41) is 13.1. The summed E-state index contributed by atoms with van der Waals surface area (Å²) in [6.45, 7) is 0. The lowest BCUT2D eigenvalue weighted by Gasteiger charge is -2.27. The molecule has 0 saturated carbocycles. The van der Waals surface area contributed by atoms with Gasteiger partial charge in [0.15, 0.2) is 0 Å². The molecule has 0 bridgehead atoms. The third-order valence-corrected chi connectivity index (χ3v) is 3.83. The molecule has 2 N–H and O–H groups in total. The maximum Gasteiger partial charge on any atom is 0.115 e. The number of anilines is 1. The van der Waals surface area contributed by atoms with E-state index in [4.69, 9.17) is 0 Å². The van der Waals surface area contributed by atoms with Crippen LogP contribution in [0.15, 0.2) is 48.5 Å². The maximum absolute atomic E-state index is 9.46. The molecule has 0 spiro atoms. The zero-order valence-corrected chi connectivity index (χ0v) is 11.0. The molecule has 1 heterocycles. The summed E-state index contributed by atoms with van der Waals surface area (Å²) in [6, 6.07) is 16.7. The Morgan fingerprint density at radius 3 is 2.89 bits per heavy atom. The monoisotopic (exact) mass is 253 g/mol. The van der Waals surface area contributed by atoms with Gasteiger partial charge in [0.2, 0.25) is 0 Å². The van der Waals surface area contributed by atoms with E-state index < -0.39 is 0 Å². The first kappa shape index (κ1) is 12.1. The van der Waals surface area contributed by atoms with Gasteiger partial charge in [-0.1, -0.05) is 30.3 Å². The highest BCUT2D eigenvalue weighted by molar-refractivity contribution is 5.53. The molecule has 0 radical (unpaired) electrons. The minimum Gasteiger partial charge on any atom is -0.508 e. The molecule has 2 aromatic carbocycles. The SMILES string of the molecule is Oc1cccc(CCC2CCc3ccccc3N2)c1. The summed E-state index contributed by atoms with van der Waals surface area (Å²) in [6.07, 6.45) is 4.47. The average Bonchev–Trinajstić information content (AvgIpc) is 2.45. The van der Waals surface area contributed by atoms with Gasteiger partial charge in [-0.25, -0.2) is 0 Å². The third kappa shape index (κ3) is 2.90. The van der Waals surface area contributed by atoms with Crippen LogP contribution in [0.2, 0.25) is 0 Å². The number of fused-ring (bicyclic) bond motifs is 1. The minimum atomic E-state index is 0.361. The van der Waals surface area contributed by atoms with E-state index in [2.05, 4.69) is 35.6 Å². The van der Waals surface area contributed by atoms with Crippen LogP contribution in [0.25, 0.3) is 0 Å². The Morgan fingerprint density at radius 2 is 2.00 bits per heavy atom. The summed E-state index contributed by atoms with van der Waals surface area (Å²) in [7, 11) is 0. The van der Waals surface area contributed by atoms with Gasteiger partial charge in [-0.05, 0) is 55.0 Å². The predicted molar refractivity (Wildman–Crippen MR) is 78.6 cm³/mol. The van der Waals surface area contributed by atoms with Crippen molar-refractivity contribution >= 4 is 5.69 Å². The summed E-state index contributed by atoms with van der Waals surface area (Å²) in [4.78, 5) is 0. The maximum atomic E-state index is 9.46. The van der Waals surface area contributed by atoms with E-state index in [1.807, 2.05) is 12.1 Å². The quantitative estimate of drug-likeness (QED) is 0.873. The number of rotatable bonds is 3. The normalized spacial score (nSPS) is 17.6. The highest BCUT2D eigenvalue weighted by Gasteiger charge is 2.16. The largest absolute Gasteiger partial charge is 0.508 e. The molecule has 2 heteroatoms. The molecular formula is C17H19NO. The molecule has 0 fully saturated rings. The van der Waals surface area contributed by atoms with E-state index >= 15 is 0 Å². The molecule has 0 saturated heterocycles. The summed E-state index contributed by atoms with van der Waals surface area (Å²) >= 11 is 0. The van der Waals surface area contributed by atoms with Crippen molar-refractivity contribution in [2.24, 2.45) is 0 Å². The Bertz CT molecular complexity index is 565. The Hall–Kier alpha value is -1.96. The number of para-hydroxylation sites is 1. The fraction of sp³-hybridized carbons (Fsp3) is 0.294. The van der Waals surface area contributed by atoms with Gasteiger partial charge in [0.05, 0.1) is 0 Å². The lowest BCUT2D eigenvalue weighted by molar-refractivity contribution is 0.474. The van der Waals surface area contributed by atoms with Crippen LogP contribution in [0, 0.1) is 0 Å². The molecule has 0 aromatic heterocycles. The predicted octanol–water partition coefficient (Wildman–Crippen LogP) is 3.75. The lowest BCUT2D eigenvalue weighted by atomic mass is 9.94. The van der Waals surface area contributed by atoms with Gasteiger partial charge in [0, 0.05) is 11.7 Å². The summed E-state index contributed by atoms with van der Waals surface area (Å²) < 4.78 is 0. The molecule has 1 aliphatic rings. The molecule has 1 unspecified atom stereocenters. The highest BCUT2D eigenvalue weighted by Crippen LogP contribution is 2.26. The van der Waals surface area contributed by atoms with Crippen molar-refractivity contribution in [2.75, 3.05) is 5.32 Å². The van der Waals surface area contributed by atoms with Gasteiger partial charge in [-0.2, -0.15) is 0 Å².